The molecule has 1 amide bonds. The second-order valence-corrected chi connectivity index (χ2v) is 4.58. The minimum Gasteiger partial charge on any atom is -0.480 e. The lowest BCUT2D eigenvalue weighted by Gasteiger charge is -2.27. The Labute approximate surface area is 113 Å². The number of methoxy groups -OCH3 is 1. The lowest BCUT2D eigenvalue weighted by Crippen LogP contribution is -2.48. The van der Waals surface area contributed by atoms with Gasteiger partial charge in [-0.1, -0.05) is 0 Å². The molecule has 0 saturated carbocycles. The van der Waals surface area contributed by atoms with Gasteiger partial charge in [-0.05, 0) is 0 Å². The van der Waals surface area contributed by atoms with Crippen molar-refractivity contribution < 1.29 is 32.6 Å². The molecular weight excluding hydrogens is 287 g/mol. The molecule has 3 atom stereocenters. The number of thiol groups is 1. The van der Waals surface area contributed by atoms with Gasteiger partial charge in [-0.15, -0.1) is 0 Å². The fraction of sp³-hybridized carbons (Fsp3) is 0.800. The molecule has 0 bridgehead atoms. The third kappa shape index (κ3) is 3.53. The zero-order chi connectivity index (χ0) is 14.8. The standard InChI is InChI=1S/C10H14F3NO4S/c1-18-5-2-7(9(16)17)14(3-5)8(15)6(4-19)10(11,12)13/h5-7,19H,2-4H2,1H3,(H,16,17)/t5-,6?,7+/m1/s1. The average molecular weight is 301 g/mol. The second kappa shape index (κ2) is 6.00. The van der Waals surface area contributed by atoms with Crippen molar-refractivity contribution in [2.24, 2.45) is 5.92 Å². The molecule has 0 aromatic heterocycles. The number of ether oxygens (including phenoxy) is 1. The number of carbonyl (C=O) groups is 2. The maximum absolute atomic E-state index is 12.7. The maximum Gasteiger partial charge on any atom is 0.401 e. The van der Waals surface area contributed by atoms with Crippen molar-refractivity contribution in [1.29, 1.82) is 0 Å². The van der Waals surface area contributed by atoms with Crippen molar-refractivity contribution >= 4 is 24.5 Å². The number of halogens is 3. The Hall–Kier alpha value is -0.960. The number of alkyl halides is 3. The van der Waals surface area contributed by atoms with Gasteiger partial charge in [-0.3, -0.25) is 4.79 Å². The van der Waals surface area contributed by atoms with Gasteiger partial charge in [-0.2, -0.15) is 25.8 Å². The van der Waals surface area contributed by atoms with Gasteiger partial charge in [0.2, 0.25) is 5.91 Å². The van der Waals surface area contributed by atoms with Gasteiger partial charge < -0.3 is 14.7 Å². The summed E-state index contributed by atoms with van der Waals surface area (Å²) in [6, 6.07) is -1.29. The van der Waals surface area contributed by atoms with Crippen LogP contribution in [0.25, 0.3) is 0 Å². The van der Waals surface area contributed by atoms with Gasteiger partial charge in [-0.25, -0.2) is 4.79 Å². The van der Waals surface area contributed by atoms with Crippen LogP contribution in [0.4, 0.5) is 13.2 Å². The first kappa shape index (κ1) is 16.1. The van der Waals surface area contributed by atoms with E-state index in [0.29, 0.717) is 4.90 Å². The number of carboxylic acid groups (broad SMARTS) is 1. The van der Waals surface area contributed by atoms with E-state index in [-0.39, 0.29) is 13.0 Å². The van der Waals surface area contributed by atoms with E-state index in [1.807, 2.05) is 0 Å². The number of carboxylic acids is 1. The fourth-order valence-corrected chi connectivity index (χ4v) is 2.33. The molecule has 1 saturated heterocycles. The monoisotopic (exact) mass is 301 g/mol. The summed E-state index contributed by atoms with van der Waals surface area (Å²) >= 11 is 3.52. The number of carbonyl (C=O) groups excluding carboxylic acids is 1. The number of aliphatic carboxylic acids is 1. The zero-order valence-electron chi connectivity index (χ0n) is 10.1. The first-order valence-electron chi connectivity index (χ1n) is 5.46. The van der Waals surface area contributed by atoms with E-state index in [2.05, 4.69) is 12.6 Å². The van der Waals surface area contributed by atoms with Crippen LogP contribution in [0, 0.1) is 5.92 Å². The topological polar surface area (TPSA) is 66.8 Å². The molecule has 9 heteroatoms. The lowest BCUT2D eigenvalue weighted by atomic mass is 10.1. The summed E-state index contributed by atoms with van der Waals surface area (Å²) < 4.78 is 42.9. The van der Waals surface area contributed by atoms with Gasteiger partial charge >= 0.3 is 12.1 Å². The van der Waals surface area contributed by atoms with Gasteiger partial charge in [0, 0.05) is 25.8 Å². The van der Waals surface area contributed by atoms with Crippen molar-refractivity contribution in [3.05, 3.63) is 0 Å². The summed E-state index contributed by atoms with van der Waals surface area (Å²) in [6.07, 6.45) is -5.33. The molecule has 1 aliphatic rings. The first-order valence-corrected chi connectivity index (χ1v) is 6.09. The number of amides is 1. The highest BCUT2D eigenvalue weighted by Crippen LogP contribution is 2.31. The lowest BCUT2D eigenvalue weighted by molar-refractivity contribution is -0.186. The minimum atomic E-state index is -4.74. The first-order chi connectivity index (χ1) is 8.72. The Balaban J connectivity index is 2.93. The van der Waals surface area contributed by atoms with Gasteiger partial charge in [0.1, 0.15) is 12.0 Å². The van der Waals surface area contributed by atoms with E-state index in [1.165, 1.54) is 7.11 Å². The molecule has 1 N–H and O–H groups in total. The highest BCUT2D eigenvalue weighted by atomic mass is 32.1. The van der Waals surface area contributed by atoms with Crippen LogP contribution in [0.1, 0.15) is 6.42 Å². The van der Waals surface area contributed by atoms with Crippen LogP contribution < -0.4 is 0 Å². The molecular formula is C10H14F3NO4S. The van der Waals surface area contributed by atoms with Crippen LogP contribution in [-0.4, -0.2) is 59.6 Å². The summed E-state index contributed by atoms with van der Waals surface area (Å²) in [5.41, 5.74) is 0. The Kier molecular flexibility index (Phi) is 5.08. The Bertz CT molecular complexity index is 363. The third-order valence-electron chi connectivity index (χ3n) is 3.04. The predicted molar refractivity (Wildman–Crippen MR) is 61.9 cm³/mol. The fourth-order valence-electron chi connectivity index (χ4n) is 1.97. The molecule has 0 spiro atoms. The van der Waals surface area contributed by atoms with Crippen LogP contribution in [0.2, 0.25) is 0 Å². The van der Waals surface area contributed by atoms with Gasteiger partial charge in [0.05, 0.1) is 6.10 Å². The minimum absolute atomic E-state index is 0.0191. The number of likely N-dealkylation sites (tertiary alicyclic amines) is 1. The molecule has 1 rings (SSSR count). The summed E-state index contributed by atoms with van der Waals surface area (Å²) in [6.45, 7) is -0.160. The molecule has 0 aromatic rings. The quantitative estimate of drug-likeness (QED) is 0.754. The predicted octanol–water partition coefficient (Wildman–Crippen LogP) is 0.795. The van der Waals surface area contributed by atoms with Crippen molar-refractivity contribution in [3.63, 3.8) is 0 Å². The highest BCUT2D eigenvalue weighted by molar-refractivity contribution is 7.80. The molecule has 1 unspecified atom stereocenters. The van der Waals surface area contributed by atoms with E-state index < -0.39 is 41.9 Å². The van der Waals surface area contributed by atoms with Crippen LogP contribution in [0.3, 0.4) is 0 Å². The summed E-state index contributed by atoms with van der Waals surface area (Å²) in [7, 11) is 1.32. The molecule has 1 fully saturated rings. The smallest absolute Gasteiger partial charge is 0.401 e. The van der Waals surface area contributed by atoms with E-state index in [9.17, 15) is 22.8 Å². The number of rotatable bonds is 4. The summed E-state index contributed by atoms with van der Waals surface area (Å²) in [5.74, 6) is -5.63. The molecule has 0 aromatic carbocycles. The molecule has 1 aliphatic heterocycles. The summed E-state index contributed by atoms with van der Waals surface area (Å²) in [5, 5.41) is 8.95. The van der Waals surface area contributed by atoms with Gasteiger partial charge in [0.25, 0.3) is 0 Å². The maximum atomic E-state index is 12.7. The summed E-state index contributed by atoms with van der Waals surface area (Å²) in [4.78, 5) is 23.5. The molecule has 0 radical (unpaired) electrons. The Morgan fingerprint density at radius 3 is 2.47 bits per heavy atom. The molecule has 19 heavy (non-hydrogen) atoms. The average Bonchev–Trinajstić information content (AvgIpc) is 2.71. The number of hydrogen-bond donors (Lipinski definition) is 2. The van der Waals surface area contributed by atoms with Crippen LogP contribution >= 0.6 is 12.6 Å². The van der Waals surface area contributed by atoms with Crippen molar-refractivity contribution in [1.82, 2.24) is 4.90 Å². The van der Waals surface area contributed by atoms with Gasteiger partial charge in [0.15, 0.2) is 0 Å². The van der Waals surface area contributed by atoms with Crippen LogP contribution in [-0.2, 0) is 14.3 Å². The molecule has 5 nitrogen and oxygen atoms in total. The molecule has 0 aliphatic carbocycles. The van der Waals surface area contributed by atoms with E-state index in [1.54, 1.807) is 0 Å². The van der Waals surface area contributed by atoms with E-state index in [0.717, 1.165) is 0 Å². The van der Waals surface area contributed by atoms with Crippen molar-refractivity contribution in [3.8, 4) is 0 Å². The second-order valence-electron chi connectivity index (χ2n) is 4.21. The largest absolute Gasteiger partial charge is 0.480 e. The Morgan fingerprint density at radius 2 is 2.11 bits per heavy atom. The van der Waals surface area contributed by atoms with Crippen LogP contribution in [0.15, 0.2) is 0 Å². The van der Waals surface area contributed by atoms with Crippen molar-refractivity contribution in [2.45, 2.75) is 24.7 Å². The molecule has 1 heterocycles. The SMILES string of the molecule is CO[C@@H]1C[C@@H](C(=O)O)N(C(=O)C(CS)C(F)(F)F)C1. The van der Waals surface area contributed by atoms with E-state index >= 15 is 0 Å². The molecule has 110 valence electrons. The normalized spacial score (nSPS) is 25.4. The number of hydrogen-bond acceptors (Lipinski definition) is 4. The number of nitrogens with zero attached hydrogens (tertiary/aromatic N) is 1. The van der Waals surface area contributed by atoms with E-state index in [4.69, 9.17) is 9.84 Å². The third-order valence-corrected chi connectivity index (χ3v) is 3.41. The Morgan fingerprint density at radius 1 is 1.53 bits per heavy atom. The van der Waals surface area contributed by atoms with Crippen molar-refractivity contribution in [2.75, 3.05) is 19.4 Å². The van der Waals surface area contributed by atoms with Crippen LogP contribution in [0.5, 0.6) is 0 Å². The zero-order valence-corrected chi connectivity index (χ0v) is 10.9. The highest BCUT2D eigenvalue weighted by Gasteiger charge is 2.50.